The van der Waals surface area contributed by atoms with E-state index in [1.54, 1.807) is 0 Å². The maximum absolute atomic E-state index is 8.65. The minimum atomic E-state index is -0.236. The monoisotopic (exact) mass is 243 g/mol. The Morgan fingerprint density at radius 1 is 1.59 bits per heavy atom. The smallest absolute Gasteiger partial charge is 0.144 e. The highest BCUT2D eigenvalue weighted by molar-refractivity contribution is 5.85. The van der Waals surface area contributed by atoms with Crippen molar-refractivity contribution in [1.82, 2.24) is 5.32 Å². The van der Waals surface area contributed by atoms with Gasteiger partial charge in [-0.15, -0.1) is 0 Å². The molecule has 1 heterocycles. The summed E-state index contributed by atoms with van der Waals surface area (Å²) in [4.78, 5) is 0. The molecule has 0 bridgehead atoms. The number of oxime groups is 1. The Kier molecular flexibility index (Phi) is 5.71. The average molecular weight is 243 g/mol. The van der Waals surface area contributed by atoms with Gasteiger partial charge in [0.25, 0.3) is 0 Å². The average Bonchev–Trinajstić information content (AvgIpc) is 2.80. The van der Waals surface area contributed by atoms with Crippen molar-refractivity contribution < 1.29 is 9.94 Å². The quantitative estimate of drug-likeness (QED) is 0.207. The molecule has 0 aromatic heterocycles. The van der Waals surface area contributed by atoms with Crippen LogP contribution < -0.4 is 11.1 Å². The van der Waals surface area contributed by atoms with E-state index in [0.717, 1.165) is 32.5 Å². The highest BCUT2D eigenvalue weighted by atomic mass is 16.5. The first-order valence-corrected chi connectivity index (χ1v) is 6.36. The van der Waals surface area contributed by atoms with Crippen molar-refractivity contribution in [2.45, 2.75) is 45.6 Å². The fraction of sp³-hybridized carbons (Fsp3) is 0.917. The minimum absolute atomic E-state index is 0.236. The standard InChI is InChI=1S/C12H25N3O2/c1-12(2,11(13)15-16)6-4-7-14-9-10-5-3-8-17-10/h10,14,16H,3-9H2,1-2H3,(H2,13,15). The summed E-state index contributed by atoms with van der Waals surface area (Å²) in [7, 11) is 0. The van der Waals surface area contributed by atoms with Crippen LogP contribution in [-0.4, -0.2) is 36.8 Å². The number of nitrogens with two attached hydrogens (primary N) is 1. The predicted octanol–water partition coefficient (Wildman–Crippen LogP) is 1.31. The summed E-state index contributed by atoms with van der Waals surface area (Å²) < 4.78 is 5.52. The molecular formula is C12H25N3O2. The van der Waals surface area contributed by atoms with Crippen molar-refractivity contribution in [3.05, 3.63) is 0 Å². The number of hydrogen-bond acceptors (Lipinski definition) is 4. The Bertz CT molecular complexity index is 248. The number of nitrogens with zero attached hydrogens (tertiary/aromatic N) is 1. The van der Waals surface area contributed by atoms with Gasteiger partial charge in [-0.25, -0.2) is 0 Å². The van der Waals surface area contributed by atoms with Crippen LogP contribution in [0.5, 0.6) is 0 Å². The van der Waals surface area contributed by atoms with Gasteiger partial charge in [-0.1, -0.05) is 19.0 Å². The first kappa shape index (κ1) is 14.3. The van der Waals surface area contributed by atoms with Gasteiger partial charge in [0.15, 0.2) is 0 Å². The van der Waals surface area contributed by atoms with E-state index < -0.39 is 0 Å². The molecule has 100 valence electrons. The van der Waals surface area contributed by atoms with Gasteiger partial charge in [-0.2, -0.15) is 0 Å². The molecule has 0 saturated carbocycles. The molecule has 1 unspecified atom stereocenters. The van der Waals surface area contributed by atoms with E-state index >= 15 is 0 Å². The molecule has 0 radical (unpaired) electrons. The highest BCUT2D eigenvalue weighted by Crippen LogP contribution is 2.21. The molecule has 0 aromatic rings. The molecule has 0 amide bonds. The lowest BCUT2D eigenvalue weighted by molar-refractivity contribution is 0.110. The Hall–Kier alpha value is -0.810. The first-order valence-electron chi connectivity index (χ1n) is 6.36. The molecule has 5 nitrogen and oxygen atoms in total. The van der Waals surface area contributed by atoms with Gasteiger partial charge < -0.3 is 21.0 Å². The third-order valence-corrected chi connectivity index (χ3v) is 3.35. The second-order valence-corrected chi connectivity index (χ2v) is 5.31. The molecule has 0 aliphatic carbocycles. The van der Waals surface area contributed by atoms with E-state index in [0.29, 0.717) is 11.9 Å². The van der Waals surface area contributed by atoms with Crippen molar-refractivity contribution in [2.75, 3.05) is 19.7 Å². The maximum atomic E-state index is 8.65. The van der Waals surface area contributed by atoms with Crippen molar-refractivity contribution in [3.8, 4) is 0 Å². The summed E-state index contributed by atoms with van der Waals surface area (Å²) in [5.74, 6) is 0.302. The number of amidine groups is 1. The first-order chi connectivity index (χ1) is 8.06. The summed E-state index contributed by atoms with van der Waals surface area (Å²) >= 11 is 0. The fourth-order valence-corrected chi connectivity index (χ4v) is 1.99. The lowest BCUT2D eigenvalue weighted by Gasteiger charge is -2.22. The van der Waals surface area contributed by atoms with Crippen LogP contribution in [0.15, 0.2) is 5.16 Å². The lowest BCUT2D eigenvalue weighted by atomic mass is 9.86. The van der Waals surface area contributed by atoms with Crippen molar-refractivity contribution >= 4 is 5.84 Å². The molecule has 0 spiro atoms. The second kappa shape index (κ2) is 6.81. The van der Waals surface area contributed by atoms with Crippen LogP contribution in [0.3, 0.4) is 0 Å². The zero-order valence-corrected chi connectivity index (χ0v) is 10.9. The van der Waals surface area contributed by atoms with Crippen molar-refractivity contribution in [2.24, 2.45) is 16.3 Å². The van der Waals surface area contributed by atoms with Gasteiger partial charge in [0.1, 0.15) is 5.84 Å². The number of rotatable bonds is 7. The van der Waals surface area contributed by atoms with E-state index in [2.05, 4.69) is 10.5 Å². The Morgan fingerprint density at radius 2 is 2.35 bits per heavy atom. The van der Waals surface area contributed by atoms with Gasteiger partial charge in [0.05, 0.1) is 6.10 Å². The van der Waals surface area contributed by atoms with Gasteiger partial charge >= 0.3 is 0 Å². The van der Waals surface area contributed by atoms with Gasteiger partial charge in [0, 0.05) is 18.6 Å². The molecule has 17 heavy (non-hydrogen) atoms. The Balaban J connectivity index is 2.07. The SMILES string of the molecule is CC(C)(CCCNCC1CCCO1)C(N)=NO. The molecular weight excluding hydrogens is 218 g/mol. The predicted molar refractivity (Wildman–Crippen MR) is 68.3 cm³/mol. The molecule has 1 rings (SSSR count). The highest BCUT2D eigenvalue weighted by Gasteiger charge is 2.22. The normalized spacial score (nSPS) is 22.0. The largest absolute Gasteiger partial charge is 0.409 e. The van der Waals surface area contributed by atoms with E-state index in [1.165, 1.54) is 12.8 Å². The summed E-state index contributed by atoms with van der Waals surface area (Å²) in [5, 5.41) is 15.1. The van der Waals surface area contributed by atoms with Crippen LogP contribution in [0.1, 0.15) is 39.5 Å². The third kappa shape index (κ3) is 4.91. The van der Waals surface area contributed by atoms with Crippen LogP contribution >= 0.6 is 0 Å². The van der Waals surface area contributed by atoms with Crippen LogP contribution in [0.4, 0.5) is 0 Å². The number of nitrogens with one attached hydrogen (secondary N) is 1. The lowest BCUT2D eigenvalue weighted by Crippen LogP contribution is -2.33. The molecule has 1 aliphatic heterocycles. The zero-order valence-electron chi connectivity index (χ0n) is 10.9. The molecule has 1 saturated heterocycles. The zero-order chi connectivity index (χ0) is 12.7. The minimum Gasteiger partial charge on any atom is -0.409 e. The summed E-state index contributed by atoms with van der Waals surface area (Å²) in [6.07, 6.45) is 4.66. The van der Waals surface area contributed by atoms with Crippen molar-refractivity contribution in [3.63, 3.8) is 0 Å². The summed E-state index contributed by atoms with van der Waals surface area (Å²) in [6.45, 7) is 6.76. The van der Waals surface area contributed by atoms with Crippen LogP contribution in [0.2, 0.25) is 0 Å². The maximum Gasteiger partial charge on any atom is 0.144 e. The number of hydrogen-bond donors (Lipinski definition) is 3. The van der Waals surface area contributed by atoms with E-state index in [4.69, 9.17) is 15.7 Å². The van der Waals surface area contributed by atoms with E-state index in [9.17, 15) is 0 Å². The molecule has 1 atom stereocenters. The Morgan fingerprint density at radius 3 is 2.94 bits per heavy atom. The fourth-order valence-electron chi connectivity index (χ4n) is 1.99. The van der Waals surface area contributed by atoms with E-state index in [-0.39, 0.29) is 5.41 Å². The summed E-state index contributed by atoms with van der Waals surface area (Å²) in [6, 6.07) is 0. The molecule has 1 aliphatic rings. The Labute approximate surface area is 103 Å². The van der Waals surface area contributed by atoms with Gasteiger partial charge in [-0.3, -0.25) is 0 Å². The summed E-state index contributed by atoms with van der Waals surface area (Å²) in [5.41, 5.74) is 5.39. The topological polar surface area (TPSA) is 79.9 Å². The molecule has 1 fully saturated rings. The van der Waals surface area contributed by atoms with Crippen LogP contribution in [-0.2, 0) is 4.74 Å². The third-order valence-electron chi connectivity index (χ3n) is 3.35. The molecule has 5 heteroatoms. The van der Waals surface area contributed by atoms with Crippen LogP contribution in [0, 0.1) is 5.41 Å². The van der Waals surface area contributed by atoms with Gasteiger partial charge in [0.2, 0.25) is 0 Å². The molecule has 0 aromatic carbocycles. The van der Waals surface area contributed by atoms with E-state index in [1.807, 2.05) is 13.8 Å². The number of ether oxygens (including phenoxy) is 1. The van der Waals surface area contributed by atoms with Crippen LogP contribution in [0.25, 0.3) is 0 Å². The second-order valence-electron chi connectivity index (χ2n) is 5.31. The molecule has 4 N–H and O–H groups in total. The van der Waals surface area contributed by atoms with Gasteiger partial charge in [-0.05, 0) is 32.2 Å². The van der Waals surface area contributed by atoms with Crippen molar-refractivity contribution in [1.29, 1.82) is 0 Å².